The SMILES string of the molecule is CCOP(=O)([O-])OCC[N+](C)(C)C. The second-order valence-corrected chi connectivity index (χ2v) is 5.12. The molecule has 0 amide bonds. The minimum Gasteiger partial charge on any atom is -0.756 e. The molecule has 0 aromatic rings. The maximum atomic E-state index is 10.9. The maximum absolute atomic E-state index is 10.9. The Morgan fingerprint density at radius 3 is 2.23 bits per heavy atom. The lowest BCUT2D eigenvalue weighted by Gasteiger charge is -2.26. The minimum atomic E-state index is -4.04. The van der Waals surface area contributed by atoms with Gasteiger partial charge in [-0.3, -0.25) is 4.57 Å². The Kier molecular flexibility index (Phi) is 5.10. The normalized spacial score (nSPS) is 17.0. The molecule has 0 fully saturated rings. The molecule has 0 saturated heterocycles. The smallest absolute Gasteiger partial charge is 0.268 e. The van der Waals surface area contributed by atoms with Gasteiger partial charge in [0.15, 0.2) is 0 Å². The molecule has 13 heavy (non-hydrogen) atoms. The van der Waals surface area contributed by atoms with Crippen molar-refractivity contribution in [2.24, 2.45) is 0 Å². The molecule has 0 aliphatic heterocycles. The zero-order valence-corrected chi connectivity index (χ0v) is 9.54. The Morgan fingerprint density at radius 1 is 1.31 bits per heavy atom. The zero-order chi connectivity index (χ0) is 10.5. The Hall–Kier alpha value is 0.0700. The highest BCUT2D eigenvalue weighted by Gasteiger charge is 2.11. The van der Waals surface area contributed by atoms with Crippen molar-refractivity contribution in [3.8, 4) is 0 Å². The summed E-state index contributed by atoms with van der Waals surface area (Å²) in [6.07, 6.45) is 0. The first kappa shape index (κ1) is 13.1. The van der Waals surface area contributed by atoms with Crippen molar-refractivity contribution in [1.29, 1.82) is 0 Å². The fourth-order valence-corrected chi connectivity index (χ4v) is 1.32. The zero-order valence-electron chi connectivity index (χ0n) is 8.65. The van der Waals surface area contributed by atoms with E-state index < -0.39 is 7.82 Å². The van der Waals surface area contributed by atoms with Crippen LogP contribution in [0.4, 0.5) is 0 Å². The standard InChI is InChI=1S/C7H18NO4P/c1-5-11-13(9,10)12-7-6-8(2,3)4/h5-7H2,1-4H3. The lowest BCUT2D eigenvalue weighted by molar-refractivity contribution is -0.870. The molecule has 1 atom stereocenters. The van der Waals surface area contributed by atoms with E-state index in [2.05, 4.69) is 9.05 Å². The first-order valence-corrected chi connectivity index (χ1v) is 5.63. The van der Waals surface area contributed by atoms with Crippen molar-refractivity contribution in [3.05, 3.63) is 0 Å². The van der Waals surface area contributed by atoms with E-state index in [0.717, 1.165) is 0 Å². The second-order valence-electron chi connectivity index (χ2n) is 3.71. The molecule has 0 aromatic heterocycles. The number of rotatable bonds is 6. The summed E-state index contributed by atoms with van der Waals surface area (Å²) in [5.41, 5.74) is 0. The van der Waals surface area contributed by atoms with E-state index in [1.165, 1.54) is 0 Å². The van der Waals surface area contributed by atoms with E-state index >= 15 is 0 Å². The van der Waals surface area contributed by atoms with Crippen LogP contribution in [0.25, 0.3) is 0 Å². The van der Waals surface area contributed by atoms with Gasteiger partial charge >= 0.3 is 0 Å². The van der Waals surface area contributed by atoms with Gasteiger partial charge in [0.05, 0.1) is 27.7 Å². The summed E-state index contributed by atoms with van der Waals surface area (Å²) in [6.45, 7) is 2.50. The third kappa shape index (κ3) is 8.40. The first-order valence-electron chi connectivity index (χ1n) is 4.17. The van der Waals surface area contributed by atoms with Crippen molar-refractivity contribution in [1.82, 2.24) is 0 Å². The number of quaternary nitrogens is 1. The molecule has 0 N–H and O–H groups in total. The van der Waals surface area contributed by atoms with Gasteiger partial charge in [-0.25, -0.2) is 0 Å². The lowest BCUT2D eigenvalue weighted by Crippen LogP contribution is -2.37. The largest absolute Gasteiger partial charge is 0.756 e. The van der Waals surface area contributed by atoms with Gasteiger partial charge in [0.25, 0.3) is 7.82 Å². The highest BCUT2D eigenvalue weighted by atomic mass is 31.2. The van der Waals surface area contributed by atoms with E-state index in [1.807, 2.05) is 21.1 Å². The number of likely N-dealkylation sites (N-methyl/N-ethyl adjacent to an activating group) is 1. The van der Waals surface area contributed by atoms with Crippen LogP contribution >= 0.6 is 7.82 Å². The van der Waals surface area contributed by atoms with Crippen LogP contribution in [0.15, 0.2) is 0 Å². The topological polar surface area (TPSA) is 58.6 Å². The van der Waals surface area contributed by atoms with Crippen LogP contribution in [-0.4, -0.2) is 45.4 Å². The average Bonchev–Trinajstić information content (AvgIpc) is 1.82. The minimum absolute atomic E-state index is 0.116. The molecular weight excluding hydrogens is 193 g/mol. The molecule has 80 valence electrons. The quantitative estimate of drug-likeness (QED) is 0.465. The van der Waals surface area contributed by atoms with Crippen molar-refractivity contribution in [2.45, 2.75) is 6.92 Å². The van der Waals surface area contributed by atoms with Crippen molar-refractivity contribution in [2.75, 3.05) is 40.9 Å². The van der Waals surface area contributed by atoms with Gasteiger partial charge in [-0.05, 0) is 6.92 Å². The fraction of sp³-hybridized carbons (Fsp3) is 1.00. The van der Waals surface area contributed by atoms with E-state index in [1.54, 1.807) is 6.92 Å². The lowest BCUT2D eigenvalue weighted by atomic mass is 10.5. The molecule has 0 radical (unpaired) electrons. The van der Waals surface area contributed by atoms with Crippen LogP contribution in [0, 0.1) is 0 Å². The summed E-state index contributed by atoms with van der Waals surface area (Å²) in [4.78, 5) is 10.9. The van der Waals surface area contributed by atoms with E-state index in [-0.39, 0.29) is 13.2 Å². The highest BCUT2D eigenvalue weighted by molar-refractivity contribution is 7.45. The average molecular weight is 211 g/mol. The van der Waals surface area contributed by atoms with Crippen LogP contribution in [0.2, 0.25) is 0 Å². The summed E-state index contributed by atoms with van der Waals surface area (Å²) in [7, 11) is 1.84. The monoisotopic (exact) mass is 211 g/mol. The van der Waals surface area contributed by atoms with Gasteiger partial charge < -0.3 is 18.4 Å². The number of phosphoric acid groups is 1. The molecule has 0 spiro atoms. The predicted molar refractivity (Wildman–Crippen MR) is 48.1 cm³/mol. The molecule has 0 heterocycles. The fourth-order valence-electron chi connectivity index (χ4n) is 0.622. The van der Waals surface area contributed by atoms with Crippen LogP contribution in [0.5, 0.6) is 0 Å². The Balaban J connectivity index is 3.70. The second kappa shape index (κ2) is 5.08. The number of nitrogens with zero attached hydrogens (tertiary/aromatic N) is 1. The molecule has 5 nitrogen and oxygen atoms in total. The van der Waals surface area contributed by atoms with Crippen molar-refractivity contribution < 1.29 is 23.0 Å². The molecule has 0 aliphatic rings. The summed E-state index contributed by atoms with van der Waals surface area (Å²) >= 11 is 0. The van der Waals surface area contributed by atoms with Crippen molar-refractivity contribution in [3.63, 3.8) is 0 Å². The molecule has 0 aromatic carbocycles. The van der Waals surface area contributed by atoms with Crippen LogP contribution in [0.3, 0.4) is 0 Å². The van der Waals surface area contributed by atoms with Gasteiger partial charge in [0.1, 0.15) is 13.2 Å². The van der Waals surface area contributed by atoms with E-state index in [0.29, 0.717) is 11.0 Å². The Labute approximate surface area is 79.5 Å². The van der Waals surface area contributed by atoms with Gasteiger partial charge in [0, 0.05) is 0 Å². The van der Waals surface area contributed by atoms with Crippen LogP contribution in [-0.2, 0) is 13.6 Å². The van der Waals surface area contributed by atoms with Gasteiger partial charge in [-0.15, -0.1) is 0 Å². The number of hydrogen-bond acceptors (Lipinski definition) is 4. The van der Waals surface area contributed by atoms with Gasteiger partial charge in [-0.2, -0.15) is 0 Å². The van der Waals surface area contributed by atoms with E-state index in [4.69, 9.17) is 0 Å². The maximum Gasteiger partial charge on any atom is 0.268 e. The third-order valence-electron chi connectivity index (χ3n) is 1.30. The Bertz CT molecular complexity index is 189. The van der Waals surface area contributed by atoms with Crippen LogP contribution < -0.4 is 4.89 Å². The predicted octanol–water partition coefficient (Wildman–Crippen LogP) is 0.214. The summed E-state index contributed by atoms with van der Waals surface area (Å²) in [6, 6.07) is 0. The van der Waals surface area contributed by atoms with Crippen LogP contribution in [0.1, 0.15) is 6.92 Å². The summed E-state index contributed by atoms with van der Waals surface area (Å²) < 4.78 is 20.6. The molecule has 0 bridgehead atoms. The van der Waals surface area contributed by atoms with Crippen molar-refractivity contribution >= 4 is 7.82 Å². The Morgan fingerprint density at radius 2 is 1.85 bits per heavy atom. The molecule has 6 heteroatoms. The number of hydrogen-bond donors (Lipinski definition) is 0. The van der Waals surface area contributed by atoms with Gasteiger partial charge in [-0.1, -0.05) is 0 Å². The molecule has 0 aliphatic carbocycles. The third-order valence-corrected chi connectivity index (χ3v) is 2.37. The number of phosphoric ester groups is 1. The molecule has 0 saturated carbocycles. The first-order chi connectivity index (χ1) is 5.77. The summed E-state index contributed by atoms with van der Waals surface area (Å²) in [5, 5.41) is 0. The molecule has 1 unspecified atom stereocenters. The molecular formula is C7H18NO4P. The van der Waals surface area contributed by atoms with E-state index in [9.17, 15) is 9.46 Å². The summed E-state index contributed by atoms with van der Waals surface area (Å²) in [5.74, 6) is 0. The highest BCUT2D eigenvalue weighted by Crippen LogP contribution is 2.37. The molecule has 0 rings (SSSR count). The van der Waals surface area contributed by atoms with Gasteiger partial charge in [0.2, 0.25) is 0 Å².